The molecular formula is C17H25FN2O3S. The van der Waals surface area contributed by atoms with E-state index in [4.69, 9.17) is 0 Å². The normalized spacial score (nSPS) is 17.3. The van der Waals surface area contributed by atoms with E-state index < -0.39 is 21.9 Å². The summed E-state index contributed by atoms with van der Waals surface area (Å²) in [5.41, 5.74) is 0.296. The highest BCUT2D eigenvalue weighted by Gasteiger charge is 2.32. The molecule has 5 nitrogen and oxygen atoms in total. The van der Waals surface area contributed by atoms with Gasteiger partial charge in [-0.15, -0.1) is 0 Å². The highest BCUT2D eigenvalue weighted by molar-refractivity contribution is 7.92. The summed E-state index contributed by atoms with van der Waals surface area (Å²) >= 11 is 0. The third-order valence-electron chi connectivity index (χ3n) is 4.36. The first-order valence-electron chi connectivity index (χ1n) is 8.38. The van der Waals surface area contributed by atoms with Gasteiger partial charge in [-0.25, -0.2) is 12.8 Å². The lowest BCUT2D eigenvalue weighted by Crippen LogP contribution is -2.51. The minimum Gasteiger partial charge on any atom is -0.352 e. The van der Waals surface area contributed by atoms with E-state index in [-0.39, 0.29) is 11.9 Å². The van der Waals surface area contributed by atoms with Crippen molar-refractivity contribution in [3.05, 3.63) is 30.1 Å². The molecule has 1 N–H and O–H groups in total. The van der Waals surface area contributed by atoms with Gasteiger partial charge in [-0.05, 0) is 43.5 Å². The van der Waals surface area contributed by atoms with Crippen molar-refractivity contribution in [2.24, 2.45) is 0 Å². The minimum atomic E-state index is -3.68. The fourth-order valence-electron chi connectivity index (χ4n) is 3.19. The molecule has 1 atom stereocenters. The Morgan fingerprint density at radius 3 is 2.33 bits per heavy atom. The number of amides is 1. The van der Waals surface area contributed by atoms with Crippen LogP contribution in [0.3, 0.4) is 0 Å². The van der Waals surface area contributed by atoms with Crippen molar-refractivity contribution in [1.82, 2.24) is 5.32 Å². The first-order valence-corrected chi connectivity index (χ1v) is 10.2. The summed E-state index contributed by atoms with van der Waals surface area (Å²) in [7, 11) is -3.68. The van der Waals surface area contributed by atoms with E-state index in [1.165, 1.54) is 30.7 Å². The van der Waals surface area contributed by atoms with Crippen molar-refractivity contribution in [1.29, 1.82) is 0 Å². The zero-order valence-electron chi connectivity index (χ0n) is 14.2. The van der Waals surface area contributed by atoms with Crippen LogP contribution in [0.25, 0.3) is 0 Å². The minimum absolute atomic E-state index is 0.106. The molecule has 0 radical (unpaired) electrons. The topological polar surface area (TPSA) is 66.5 Å². The van der Waals surface area contributed by atoms with E-state index in [1.807, 2.05) is 0 Å². The zero-order chi connectivity index (χ0) is 17.7. The highest BCUT2D eigenvalue weighted by Crippen LogP contribution is 2.24. The number of benzene rings is 1. The standard InChI is InChI=1S/C17H25FN2O3S/c1-3-16(17(21)19-14-7-5-4-6-8-14)20(24(2,22)23)15-11-9-13(18)10-12-15/h9-12,14,16H,3-8H2,1-2H3,(H,19,21)/t16-/m1/s1. The Hall–Kier alpha value is -1.63. The Morgan fingerprint density at radius 2 is 1.83 bits per heavy atom. The molecular weight excluding hydrogens is 331 g/mol. The Bertz CT molecular complexity index is 655. The summed E-state index contributed by atoms with van der Waals surface area (Å²) in [6, 6.07) is 4.42. The first-order chi connectivity index (χ1) is 11.3. The number of anilines is 1. The van der Waals surface area contributed by atoms with Crippen LogP contribution in [-0.2, 0) is 14.8 Å². The van der Waals surface area contributed by atoms with Crippen molar-refractivity contribution in [3.63, 3.8) is 0 Å². The van der Waals surface area contributed by atoms with Crippen LogP contribution in [0.1, 0.15) is 45.4 Å². The molecule has 1 aromatic carbocycles. The molecule has 134 valence electrons. The number of nitrogens with one attached hydrogen (secondary N) is 1. The van der Waals surface area contributed by atoms with E-state index in [9.17, 15) is 17.6 Å². The van der Waals surface area contributed by atoms with Crippen LogP contribution in [0.5, 0.6) is 0 Å². The maximum atomic E-state index is 13.1. The van der Waals surface area contributed by atoms with Crippen LogP contribution in [0.2, 0.25) is 0 Å². The predicted molar refractivity (Wildman–Crippen MR) is 92.8 cm³/mol. The molecule has 7 heteroatoms. The molecule has 0 aliphatic heterocycles. The van der Waals surface area contributed by atoms with Gasteiger partial charge in [0.1, 0.15) is 11.9 Å². The second kappa shape index (κ2) is 7.96. The molecule has 1 saturated carbocycles. The highest BCUT2D eigenvalue weighted by atomic mass is 32.2. The SMILES string of the molecule is CC[C@H](C(=O)NC1CCCCC1)N(c1ccc(F)cc1)S(C)(=O)=O. The summed E-state index contributed by atoms with van der Waals surface area (Å²) in [6.45, 7) is 1.77. The molecule has 1 aliphatic rings. The third-order valence-corrected chi connectivity index (χ3v) is 5.54. The van der Waals surface area contributed by atoms with Crippen LogP contribution in [-0.4, -0.2) is 32.7 Å². The predicted octanol–water partition coefficient (Wildman–Crippen LogP) is 2.82. The third kappa shape index (κ3) is 4.69. The van der Waals surface area contributed by atoms with Crippen molar-refractivity contribution >= 4 is 21.6 Å². The summed E-state index contributed by atoms with van der Waals surface area (Å²) in [5, 5.41) is 2.98. The van der Waals surface area contributed by atoms with E-state index in [0.29, 0.717) is 12.1 Å². The maximum Gasteiger partial charge on any atom is 0.244 e. The monoisotopic (exact) mass is 356 g/mol. The number of sulfonamides is 1. The lowest BCUT2D eigenvalue weighted by atomic mass is 9.95. The van der Waals surface area contributed by atoms with Gasteiger partial charge in [0, 0.05) is 6.04 Å². The van der Waals surface area contributed by atoms with Gasteiger partial charge in [0.2, 0.25) is 15.9 Å². The van der Waals surface area contributed by atoms with Gasteiger partial charge in [0.05, 0.1) is 11.9 Å². The number of halogens is 1. The quantitative estimate of drug-likeness (QED) is 0.852. The van der Waals surface area contributed by atoms with E-state index in [0.717, 1.165) is 36.2 Å². The largest absolute Gasteiger partial charge is 0.352 e. The smallest absolute Gasteiger partial charge is 0.244 e. The van der Waals surface area contributed by atoms with Crippen molar-refractivity contribution in [3.8, 4) is 0 Å². The summed E-state index contributed by atoms with van der Waals surface area (Å²) in [5.74, 6) is -0.744. The molecule has 0 spiro atoms. The number of hydrogen-bond donors (Lipinski definition) is 1. The Morgan fingerprint density at radius 1 is 1.25 bits per heavy atom. The second-order valence-corrected chi connectivity index (χ2v) is 8.16. The fourth-order valence-corrected chi connectivity index (χ4v) is 4.40. The van der Waals surface area contributed by atoms with Crippen molar-refractivity contribution in [2.45, 2.75) is 57.5 Å². The van der Waals surface area contributed by atoms with Crippen LogP contribution in [0, 0.1) is 5.82 Å². The number of carbonyl (C=O) groups is 1. The molecule has 0 aromatic heterocycles. The Balaban J connectivity index is 2.24. The molecule has 0 bridgehead atoms. The van der Waals surface area contributed by atoms with Crippen LogP contribution in [0.4, 0.5) is 10.1 Å². The summed E-state index contributed by atoms with van der Waals surface area (Å²) < 4.78 is 38.8. The molecule has 1 aliphatic carbocycles. The van der Waals surface area contributed by atoms with Gasteiger partial charge in [0.15, 0.2) is 0 Å². The lowest BCUT2D eigenvalue weighted by Gasteiger charge is -2.32. The van der Waals surface area contributed by atoms with E-state index in [1.54, 1.807) is 6.92 Å². The second-order valence-electron chi connectivity index (χ2n) is 6.30. The molecule has 1 fully saturated rings. The van der Waals surface area contributed by atoms with Crippen molar-refractivity contribution in [2.75, 3.05) is 10.6 Å². The van der Waals surface area contributed by atoms with Crippen LogP contribution >= 0.6 is 0 Å². The summed E-state index contributed by atoms with van der Waals surface area (Å²) in [4.78, 5) is 12.7. The van der Waals surface area contributed by atoms with Gasteiger partial charge < -0.3 is 5.32 Å². The molecule has 0 heterocycles. The molecule has 2 rings (SSSR count). The first kappa shape index (κ1) is 18.7. The number of rotatable bonds is 6. The van der Waals surface area contributed by atoms with E-state index >= 15 is 0 Å². The number of nitrogens with zero attached hydrogens (tertiary/aromatic N) is 1. The Kier molecular flexibility index (Phi) is 6.21. The van der Waals surface area contributed by atoms with Gasteiger partial charge in [0.25, 0.3) is 0 Å². The lowest BCUT2D eigenvalue weighted by molar-refractivity contribution is -0.123. The van der Waals surface area contributed by atoms with Gasteiger partial charge in [-0.1, -0.05) is 26.2 Å². The maximum absolute atomic E-state index is 13.1. The Labute approximate surface area is 143 Å². The molecule has 24 heavy (non-hydrogen) atoms. The number of carbonyl (C=O) groups excluding carboxylic acids is 1. The van der Waals surface area contributed by atoms with Gasteiger partial charge >= 0.3 is 0 Å². The van der Waals surface area contributed by atoms with Gasteiger partial charge in [-0.2, -0.15) is 0 Å². The molecule has 1 amide bonds. The van der Waals surface area contributed by atoms with Crippen molar-refractivity contribution < 1.29 is 17.6 Å². The zero-order valence-corrected chi connectivity index (χ0v) is 15.0. The number of hydrogen-bond acceptors (Lipinski definition) is 3. The summed E-state index contributed by atoms with van der Waals surface area (Å²) in [6.07, 6.45) is 6.59. The van der Waals surface area contributed by atoms with Crippen LogP contribution < -0.4 is 9.62 Å². The van der Waals surface area contributed by atoms with E-state index in [2.05, 4.69) is 5.32 Å². The fraction of sp³-hybridized carbons (Fsp3) is 0.588. The average molecular weight is 356 g/mol. The van der Waals surface area contributed by atoms with Gasteiger partial charge in [-0.3, -0.25) is 9.10 Å². The van der Waals surface area contributed by atoms with Crippen LogP contribution in [0.15, 0.2) is 24.3 Å². The molecule has 0 unspecified atom stereocenters. The average Bonchev–Trinajstić information content (AvgIpc) is 2.53. The molecule has 1 aromatic rings. The molecule has 0 saturated heterocycles.